The Hall–Kier alpha value is -3.02. The van der Waals surface area contributed by atoms with Gasteiger partial charge in [-0.3, -0.25) is 4.79 Å². The molecule has 0 saturated carbocycles. The average molecular weight is 357 g/mol. The van der Waals surface area contributed by atoms with Crippen LogP contribution in [0.1, 0.15) is 28.4 Å². The molecule has 26 heavy (non-hydrogen) atoms. The van der Waals surface area contributed by atoms with Crippen molar-refractivity contribution in [2.45, 2.75) is 20.8 Å². The fraction of sp³-hybridized carbons (Fsp3) is 0.300. The first-order valence-corrected chi connectivity index (χ1v) is 8.29. The van der Waals surface area contributed by atoms with E-state index in [-0.39, 0.29) is 12.2 Å². The number of amides is 1. The Balaban J connectivity index is 1.97. The number of hydrogen-bond acceptors (Lipinski definition) is 5. The molecule has 2 aromatic rings. The number of aryl methyl sites for hydroxylation is 2. The topological polar surface area (TPSA) is 73.9 Å². The first-order chi connectivity index (χ1) is 12.4. The minimum absolute atomic E-state index is 0.286. The molecule has 0 fully saturated rings. The van der Waals surface area contributed by atoms with Gasteiger partial charge in [-0.05, 0) is 62.2 Å². The lowest BCUT2D eigenvalue weighted by atomic mass is 10.1. The molecule has 0 aliphatic rings. The fourth-order valence-electron chi connectivity index (χ4n) is 2.53. The minimum atomic E-state index is -0.607. The van der Waals surface area contributed by atoms with Gasteiger partial charge in [0.25, 0.3) is 5.91 Å². The molecule has 6 nitrogen and oxygen atoms in total. The van der Waals surface area contributed by atoms with Gasteiger partial charge in [0.05, 0.1) is 19.3 Å². The van der Waals surface area contributed by atoms with Gasteiger partial charge in [0.15, 0.2) is 18.1 Å². The van der Waals surface area contributed by atoms with E-state index in [0.717, 1.165) is 11.1 Å². The Bertz CT molecular complexity index is 781. The van der Waals surface area contributed by atoms with Gasteiger partial charge in [-0.25, -0.2) is 4.79 Å². The highest BCUT2D eigenvalue weighted by molar-refractivity contribution is 5.95. The number of carbonyl (C=O) groups excluding carboxylic acids is 2. The number of anilines is 1. The number of benzene rings is 2. The molecule has 1 N–H and O–H groups in total. The maximum absolute atomic E-state index is 12.2. The minimum Gasteiger partial charge on any atom is -0.493 e. The number of esters is 1. The normalized spacial score (nSPS) is 10.2. The van der Waals surface area contributed by atoms with Crippen LogP contribution in [0.3, 0.4) is 0 Å². The lowest BCUT2D eigenvalue weighted by molar-refractivity contribution is -0.119. The van der Waals surface area contributed by atoms with E-state index in [1.54, 1.807) is 12.1 Å². The molecular weight excluding hydrogens is 334 g/mol. The molecule has 0 saturated heterocycles. The van der Waals surface area contributed by atoms with Crippen molar-refractivity contribution in [1.29, 1.82) is 0 Å². The third-order valence-corrected chi connectivity index (χ3v) is 3.54. The second-order valence-electron chi connectivity index (χ2n) is 5.80. The standard InChI is InChI=1S/C20H23NO5/c1-5-25-18-11-15(6-7-17(18)24-4)20(23)26-12-19(22)21-16-9-13(2)8-14(3)10-16/h6-11H,5,12H2,1-4H3,(H,21,22). The molecule has 6 heteroatoms. The average Bonchev–Trinajstić information content (AvgIpc) is 2.59. The summed E-state index contributed by atoms with van der Waals surface area (Å²) in [5.74, 6) is -0.0360. The molecule has 0 aromatic heterocycles. The summed E-state index contributed by atoms with van der Waals surface area (Å²) in [6.45, 7) is 5.79. The van der Waals surface area contributed by atoms with Crippen LogP contribution in [0.2, 0.25) is 0 Å². The Morgan fingerprint density at radius 3 is 2.31 bits per heavy atom. The summed E-state index contributed by atoms with van der Waals surface area (Å²) >= 11 is 0. The van der Waals surface area contributed by atoms with E-state index >= 15 is 0 Å². The highest BCUT2D eigenvalue weighted by Crippen LogP contribution is 2.28. The number of hydrogen-bond donors (Lipinski definition) is 1. The van der Waals surface area contributed by atoms with Crippen molar-refractivity contribution >= 4 is 17.6 Å². The second-order valence-corrected chi connectivity index (χ2v) is 5.80. The lowest BCUT2D eigenvalue weighted by Gasteiger charge is -2.11. The number of ether oxygens (including phenoxy) is 3. The maximum Gasteiger partial charge on any atom is 0.338 e. The maximum atomic E-state index is 12.2. The Labute approximate surface area is 153 Å². The van der Waals surface area contributed by atoms with Crippen LogP contribution in [0.4, 0.5) is 5.69 Å². The van der Waals surface area contributed by atoms with Crippen LogP contribution in [0.25, 0.3) is 0 Å². The van der Waals surface area contributed by atoms with E-state index in [4.69, 9.17) is 14.2 Å². The van der Waals surface area contributed by atoms with Crippen molar-refractivity contribution in [2.24, 2.45) is 0 Å². The smallest absolute Gasteiger partial charge is 0.338 e. The second kappa shape index (κ2) is 8.89. The molecule has 0 aliphatic carbocycles. The van der Waals surface area contributed by atoms with Crippen LogP contribution in [-0.4, -0.2) is 32.2 Å². The highest BCUT2D eigenvalue weighted by Gasteiger charge is 2.14. The molecule has 138 valence electrons. The molecule has 0 unspecified atom stereocenters. The van der Waals surface area contributed by atoms with Crippen molar-refractivity contribution in [2.75, 3.05) is 25.6 Å². The van der Waals surface area contributed by atoms with Gasteiger partial charge in [-0.15, -0.1) is 0 Å². The van der Waals surface area contributed by atoms with Gasteiger partial charge < -0.3 is 19.5 Å². The Kier molecular flexibility index (Phi) is 6.60. The van der Waals surface area contributed by atoms with E-state index in [2.05, 4.69) is 5.32 Å². The summed E-state index contributed by atoms with van der Waals surface area (Å²) in [6.07, 6.45) is 0. The van der Waals surface area contributed by atoms with E-state index in [1.807, 2.05) is 39.0 Å². The summed E-state index contributed by atoms with van der Waals surface area (Å²) in [5, 5.41) is 2.72. The largest absolute Gasteiger partial charge is 0.493 e. The summed E-state index contributed by atoms with van der Waals surface area (Å²) in [5.41, 5.74) is 3.04. The molecule has 0 atom stereocenters. The third kappa shape index (κ3) is 5.24. The van der Waals surface area contributed by atoms with Crippen molar-refractivity contribution < 1.29 is 23.8 Å². The molecule has 0 bridgehead atoms. The summed E-state index contributed by atoms with van der Waals surface area (Å²) in [6, 6.07) is 10.4. The zero-order chi connectivity index (χ0) is 19.1. The van der Waals surface area contributed by atoms with Crippen LogP contribution >= 0.6 is 0 Å². The monoisotopic (exact) mass is 357 g/mol. The van der Waals surface area contributed by atoms with Crippen LogP contribution < -0.4 is 14.8 Å². The first-order valence-electron chi connectivity index (χ1n) is 8.29. The SMILES string of the molecule is CCOc1cc(C(=O)OCC(=O)Nc2cc(C)cc(C)c2)ccc1OC. The van der Waals surface area contributed by atoms with E-state index in [9.17, 15) is 9.59 Å². The van der Waals surface area contributed by atoms with Gasteiger partial charge in [0.1, 0.15) is 0 Å². The van der Waals surface area contributed by atoms with Crippen molar-refractivity contribution in [1.82, 2.24) is 0 Å². The molecule has 1 amide bonds. The van der Waals surface area contributed by atoms with Crippen molar-refractivity contribution in [3.63, 3.8) is 0 Å². The van der Waals surface area contributed by atoms with Crippen LogP contribution in [-0.2, 0) is 9.53 Å². The molecular formula is C20H23NO5. The van der Waals surface area contributed by atoms with Gasteiger partial charge in [0, 0.05) is 5.69 Å². The molecule has 2 aromatic carbocycles. The van der Waals surface area contributed by atoms with Gasteiger partial charge in [-0.1, -0.05) is 6.07 Å². The van der Waals surface area contributed by atoms with Crippen LogP contribution in [0.5, 0.6) is 11.5 Å². The van der Waals surface area contributed by atoms with Crippen molar-refractivity contribution in [3.05, 3.63) is 53.1 Å². The Morgan fingerprint density at radius 1 is 1.00 bits per heavy atom. The number of rotatable bonds is 7. The summed E-state index contributed by atoms with van der Waals surface area (Å²) < 4.78 is 15.7. The Morgan fingerprint density at radius 2 is 1.69 bits per heavy atom. The zero-order valence-electron chi connectivity index (χ0n) is 15.4. The molecule has 2 rings (SSSR count). The molecule has 0 heterocycles. The predicted molar refractivity (Wildman–Crippen MR) is 99.0 cm³/mol. The first kappa shape index (κ1) is 19.3. The van der Waals surface area contributed by atoms with Crippen LogP contribution in [0, 0.1) is 13.8 Å². The fourth-order valence-corrected chi connectivity index (χ4v) is 2.53. The summed E-state index contributed by atoms with van der Waals surface area (Å²) in [4.78, 5) is 24.2. The van der Waals surface area contributed by atoms with E-state index in [1.165, 1.54) is 13.2 Å². The molecule has 0 aliphatic heterocycles. The third-order valence-electron chi connectivity index (χ3n) is 3.54. The number of carbonyl (C=O) groups is 2. The van der Waals surface area contributed by atoms with Gasteiger partial charge in [0.2, 0.25) is 0 Å². The summed E-state index contributed by atoms with van der Waals surface area (Å²) in [7, 11) is 1.52. The highest BCUT2D eigenvalue weighted by atomic mass is 16.5. The predicted octanol–water partition coefficient (Wildman–Crippen LogP) is 3.51. The lowest BCUT2D eigenvalue weighted by Crippen LogP contribution is -2.21. The zero-order valence-corrected chi connectivity index (χ0v) is 15.4. The van der Waals surface area contributed by atoms with Crippen molar-refractivity contribution in [3.8, 4) is 11.5 Å². The quantitative estimate of drug-likeness (QED) is 0.768. The number of methoxy groups -OCH3 is 1. The van der Waals surface area contributed by atoms with E-state index < -0.39 is 11.9 Å². The number of nitrogens with one attached hydrogen (secondary N) is 1. The molecule has 0 spiro atoms. The van der Waals surface area contributed by atoms with Gasteiger partial charge >= 0.3 is 5.97 Å². The van der Waals surface area contributed by atoms with Gasteiger partial charge in [-0.2, -0.15) is 0 Å². The van der Waals surface area contributed by atoms with Crippen LogP contribution in [0.15, 0.2) is 36.4 Å². The molecule has 0 radical (unpaired) electrons. The van der Waals surface area contributed by atoms with E-state index in [0.29, 0.717) is 23.8 Å².